The summed E-state index contributed by atoms with van der Waals surface area (Å²) >= 11 is 6.01. The molecule has 0 aliphatic rings. The van der Waals surface area contributed by atoms with Crippen molar-refractivity contribution in [1.82, 2.24) is 10.2 Å². The molecule has 0 fully saturated rings. The summed E-state index contributed by atoms with van der Waals surface area (Å²) in [6.45, 7) is 9.16. The highest BCUT2D eigenvalue weighted by molar-refractivity contribution is 7.92. The van der Waals surface area contributed by atoms with Crippen molar-refractivity contribution in [2.24, 2.45) is 0 Å². The minimum Gasteiger partial charge on any atom is -0.350 e. The van der Waals surface area contributed by atoms with Gasteiger partial charge >= 0.3 is 0 Å². The summed E-state index contributed by atoms with van der Waals surface area (Å²) < 4.78 is 26.4. The largest absolute Gasteiger partial charge is 0.350 e. The molecular formula is C26H36ClN3O4S. The van der Waals surface area contributed by atoms with Crippen LogP contribution in [0.2, 0.25) is 5.02 Å². The first kappa shape index (κ1) is 28.7. The molecule has 2 rings (SSSR count). The molecule has 0 aromatic heterocycles. The normalized spacial score (nSPS) is 12.7. The third-order valence-electron chi connectivity index (χ3n) is 5.46. The van der Waals surface area contributed by atoms with Gasteiger partial charge in [-0.1, -0.05) is 49.7 Å². The second-order valence-electron chi connectivity index (χ2n) is 9.60. The van der Waals surface area contributed by atoms with E-state index in [-0.39, 0.29) is 12.5 Å². The smallest absolute Gasteiger partial charge is 0.244 e. The Morgan fingerprint density at radius 3 is 1.97 bits per heavy atom. The van der Waals surface area contributed by atoms with Gasteiger partial charge in [-0.3, -0.25) is 13.9 Å². The summed E-state index contributed by atoms with van der Waals surface area (Å²) in [5, 5.41) is 3.50. The number of hydrogen-bond donors (Lipinski definition) is 1. The van der Waals surface area contributed by atoms with Gasteiger partial charge in [0.25, 0.3) is 0 Å². The van der Waals surface area contributed by atoms with Crippen molar-refractivity contribution in [2.75, 3.05) is 17.1 Å². The number of carbonyl (C=O) groups is 2. The van der Waals surface area contributed by atoms with Crippen LogP contribution in [-0.2, 0) is 32.6 Å². The van der Waals surface area contributed by atoms with E-state index in [1.54, 1.807) is 36.4 Å². The number of halogens is 1. The van der Waals surface area contributed by atoms with Gasteiger partial charge in [-0.25, -0.2) is 8.42 Å². The van der Waals surface area contributed by atoms with Crippen LogP contribution in [0.5, 0.6) is 0 Å². The first-order valence-corrected chi connectivity index (χ1v) is 13.9. The Morgan fingerprint density at radius 2 is 1.51 bits per heavy atom. The van der Waals surface area contributed by atoms with Gasteiger partial charge in [0.1, 0.15) is 12.6 Å². The average molecular weight is 522 g/mol. The van der Waals surface area contributed by atoms with E-state index in [1.165, 1.54) is 4.90 Å². The zero-order chi connectivity index (χ0) is 26.4. The summed E-state index contributed by atoms with van der Waals surface area (Å²) in [6, 6.07) is 13.3. The Bertz CT molecular complexity index is 1110. The van der Waals surface area contributed by atoms with Gasteiger partial charge < -0.3 is 10.2 Å². The minimum absolute atomic E-state index is 0.137. The molecule has 9 heteroatoms. The zero-order valence-electron chi connectivity index (χ0n) is 21.3. The lowest BCUT2D eigenvalue weighted by Gasteiger charge is -2.34. The van der Waals surface area contributed by atoms with E-state index in [4.69, 9.17) is 11.6 Å². The van der Waals surface area contributed by atoms with Crippen molar-refractivity contribution >= 4 is 39.1 Å². The maximum Gasteiger partial charge on any atom is 0.244 e. The molecule has 0 bridgehead atoms. The van der Waals surface area contributed by atoms with Crippen molar-refractivity contribution in [1.29, 1.82) is 0 Å². The molecule has 0 unspecified atom stereocenters. The van der Waals surface area contributed by atoms with E-state index in [1.807, 2.05) is 46.8 Å². The quantitative estimate of drug-likeness (QED) is 0.502. The number of nitrogens with zero attached hydrogens (tertiary/aromatic N) is 2. The SMILES string of the molecule is CCc1ccc(N(CC(=O)N(Cc2ccc(Cl)cc2)[C@@H](CC)C(=O)NC(C)(C)C)S(C)(=O)=O)cc1. The minimum atomic E-state index is -3.76. The molecule has 0 aliphatic heterocycles. The van der Waals surface area contributed by atoms with Crippen molar-refractivity contribution in [3.8, 4) is 0 Å². The fourth-order valence-electron chi connectivity index (χ4n) is 3.67. The van der Waals surface area contributed by atoms with Crippen LogP contribution in [0.15, 0.2) is 48.5 Å². The van der Waals surface area contributed by atoms with Crippen LogP contribution in [0, 0.1) is 0 Å². The highest BCUT2D eigenvalue weighted by atomic mass is 35.5. The molecular weight excluding hydrogens is 486 g/mol. The van der Waals surface area contributed by atoms with E-state index in [9.17, 15) is 18.0 Å². The molecule has 0 heterocycles. The number of amides is 2. The molecule has 35 heavy (non-hydrogen) atoms. The van der Waals surface area contributed by atoms with Crippen LogP contribution in [0.25, 0.3) is 0 Å². The fraction of sp³-hybridized carbons (Fsp3) is 0.462. The summed E-state index contributed by atoms with van der Waals surface area (Å²) in [7, 11) is -3.76. The standard InChI is InChI=1S/C26H36ClN3O4S/c1-7-19-11-15-22(16-12-19)30(35(6,33)34)18-24(31)29(17-20-9-13-21(27)14-10-20)23(8-2)25(32)28-26(3,4)5/h9-16,23H,7-8,17-18H2,1-6H3,(H,28,32)/t23-/m0/s1. The van der Waals surface area contributed by atoms with Crippen LogP contribution >= 0.6 is 11.6 Å². The van der Waals surface area contributed by atoms with Crippen LogP contribution in [0.1, 0.15) is 52.2 Å². The monoisotopic (exact) mass is 521 g/mol. The predicted octanol–water partition coefficient (Wildman–Crippen LogP) is 4.39. The first-order valence-electron chi connectivity index (χ1n) is 11.7. The predicted molar refractivity (Wildman–Crippen MR) is 142 cm³/mol. The molecule has 7 nitrogen and oxygen atoms in total. The summed E-state index contributed by atoms with van der Waals surface area (Å²) in [5.41, 5.74) is 1.75. The number of sulfonamides is 1. The molecule has 192 valence electrons. The first-order chi connectivity index (χ1) is 16.2. The Labute approximate surface area is 214 Å². The Hall–Kier alpha value is -2.58. The number of aryl methyl sites for hydroxylation is 1. The van der Waals surface area contributed by atoms with Crippen LogP contribution in [-0.4, -0.2) is 49.5 Å². The maximum absolute atomic E-state index is 13.7. The molecule has 0 saturated heterocycles. The second kappa shape index (κ2) is 11.9. The topological polar surface area (TPSA) is 86.8 Å². The van der Waals surface area contributed by atoms with Gasteiger partial charge in [0, 0.05) is 17.1 Å². The maximum atomic E-state index is 13.7. The second-order valence-corrected chi connectivity index (χ2v) is 11.9. The summed E-state index contributed by atoms with van der Waals surface area (Å²) in [4.78, 5) is 28.2. The highest BCUT2D eigenvalue weighted by Gasteiger charge is 2.33. The van der Waals surface area contributed by atoms with Gasteiger partial charge in [0.05, 0.1) is 11.9 Å². The van der Waals surface area contributed by atoms with E-state index in [0.29, 0.717) is 17.1 Å². The van der Waals surface area contributed by atoms with E-state index < -0.39 is 34.1 Å². The third kappa shape index (κ3) is 8.54. The Morgan fingerprint density at radius 1 is 0.971 bits per heavy atom. The Balaban J connectivity index is 2.44. The number of rotatable bonds is 10. The van der Waals surface area contributed by atoms with E-state index in [0.717, 1.165) is 28.1 Å². The molecule has 0 spiro atoms. The van der Waals surface area contributed by atoms with Crippen LogP contribution in [0.3, 0.4) is 0 Å². The van der Waals surface area contributed by atoms with Crippen LogP contribution in [0.4, 0.5) is 5.69 Å². The van der Waals surface area contributed by atoms with Gasteiger partial charge in [-0.2, -0.15) is 0 Å². The van der Waals surface area contributed by atoms with Gasteiger partial charge in [-0.05, 0) is 69.0 Å². The highest BCUT2D eigenvalue weighted by Crippen LogP contribution is 2.21. The van der Waals surface area contributed by atoms with Gasteiger partial charge in [-0.15, -0.1) is 0 Å². The summed E-state index contributed by atoms with van der Waals surface area (Å²) in [5.74, 6) is -0.763. The van der Waals surface area contributed by atoms with Crippen LogP contribution < -0.4 is 9.62 Å². The molecule has 0 saturated carbocycles. The third-order valence-corrected chi connectivity index (χ3v) is 6.85. The lowest BCUT2D eigenvalue weighted by atomic mass is 10.1. The number of carbonyl (C=O) groups excluding carboxylic acids is 2. The lowest BCUT2D eigenvalue weighted by Crippen LogP contribution is -2.55. The molecule has 2 amide bonds. The molecule has 1 atom stereocenters. The van der Waals surface area contributed by atoms with Gasteiger partial charge in [0.15, 0.2) is 0 Å². The molecule has 1 N–H and O–H groups in total. The number of anilines is 1. The number of hydrogen-bond acceptors (Lipinski definition) is 4. The molecule has 2 aromatic carbocycles. The fourth-order valence-corrected chi connectivity index (χ4v) is 4.65. The molecule has 0 radical (unpaired) electrons. The van der Waals surface area contributed by atoms with Crippen molar-refractivity contribution in [3.05, 3.63) is 64.7 Å². The average Bonchev–Trinajstić information content (AvgIpc) is 2.76. The van der Waals surface area contributed by atoms with Crippen molar-refractivity contribution in [3.63, 3.8) is 0 Å². The Kier molecular flexibility index (Phi) is 9.75. The number of benzene rings is 2. The summed E-state index contributed by atoms with van der Waals surface area (Å²) in [6.07, 6.45) is 2.25. The number of nitrogens with one attached hydrogen (secondary N) is 1. The van der Waals surface area contributed by atoms with E-state index in [2.05, 4.69) is 5.32 Å². The van der Waals surface area contributed by atoms with Crippen molar-refractivity contribution in [2.45, 2.75) is 65.6 Å². The molecule has 2 aromatic rings. The van der Waals surface area contributed by atoms with E-state index >= 15 is 0 Å². The molecule has 0 aliphatic carbocycles. The zero-order valence-corrected chi connectivity index (χ0v) is 22.9. The lowest BCUT2D eigenvalue weighted by molar-refractivity contribution is -0.141. The van der Waals surface area contributed by atoms with Crippen molar-refractivity contribution < 1.29 is 18.0 Å². The van der Waals surface area contributed by atoms with Gasteiger partial charge in [0.2, 0.25) is 21.8 Å².